The van der Waals surface area contributed by atoms with Crippen LogP contribution >= 0.6 is 11.3 Å². The lowest BCUT2D eigenvalue weighted by molar-refractivity contribution is -0.118. The molecule has 0 saturated carbocycles. The number of ether oxygens (including phenoxy) is 5. The maximum absolute atomic E-state index is 12.5. The Morgan fingerprint density at radius 1 is 1.06 bits per heavy atom. The number of amides is 1. The summed E-state index contributed by atoms with van der Waals surface area (Å²) < 4.78 is 27.2. The number of aromatic nitrogens is 2. The van der Waals surface area contributed by atoms with E-state index < -0.39 is 0 Å². The number of carbonyl (C=O) groups is 1. The van der Waals surface area contributed by atoms with Crippen molar-refractivity contribution >= 4 is 33.1 Å². The molecule has 0 spiro atoms. The number of rotatable bonds is 7. The first kappa shape index (κ1) is 20.8. The summed E-state index contributed by atoms with van der Waals surface area (Å²) in [5, 5.41) is 5.49. The van der Waals surface area contributed by atoms with Gasteiger partial charge in [0.2, 0.25) is 12.7 Å². The Balaban J connectivity index is 1.37. The minimum Gasteiger partial charge on any atom is -0.493 e. The van der Waals surface area contributed by atoms with Crippen LogP contribution in [0.15, 0.2) is 48.1 Å². The molecular weight excluding hydrogens is 446 g/mol. The Morgan fingerprint density at radius 2 is 1.91 bits per heavy atom. The first-order valence-corrected chi connectivity index (χ1v) is 10.8. The number of carbonyl (C=O) groups excluding carboxylic acids is 1. The fraction of sp³-hybridized carbons (Fsp3) is 0.174. The first-order chi connectivity index (χ1) is 16.2. The lowest BCUT2D eigenvalue weighted by Gasteiger charge is -2.11. The second kappa shape index (κ2) is 8.83. The number of fused-ring (bicyclic) bond motifs is 2. The van der Waals surface area contributed by atoms with Crippen molar-refractivity contribution < 1.29 is 28.5 Å². The third-order valence-electron chi connectivity index (χ3n) is 5.03. The van der Waals surface area contributed by atoms with Gasteiger partial charge in [0.1, 0.15) is 11.2 Å². The summed E-state index contributed by atoms with van der Waals surface area (Å²) in [6.45, 7) is -0.0512. The summed E-state index contributed by atoms with van der Waals surface area (Å²) >= 11 is 1.47. The van der Waals surface area contributed by atoms with Crippen LogP contribution in [0.5, 0.6) is 28.9 Å². The molecule has 0 bridgehead atoms. The van der Waals surface area contributed by atoms with Gasteiger partial charge in [-0.05, 0) is 29.8 Å². The molecule has 2 aromatic carbocycles. The predicted octanol–water partition coefficient (Wildman–Crippen LogP) is 4.12. The first-order valence-electron chi connectivity index (χ1n) is 9.93. The van der Waals surface area contributed by atoms with Crippen LogP contribution in [0.25, 0.3) is 21.3 Å². The van der Waals surface area contributed by atoms with Gasteiger partial charge in [0.05, 0.1) is 19.6 Å². The predicted molar refractivity (Wildman–Crippen MR) is 123 cm³/mol. The molecule has 3 heterocycles. The number of hydrogen-bond donors (Lipinski definition) is 1. The molecule has 0 aliphatic carbocycles. The summed E-state index contributed by atoms with van der Waals surface area (Å²) in [6, 6.07) is 10.8. The van der Waals surface area contributed by atoms with E-state index in [2.05, 4.69) is 15.3 Å². The molecule has 1 N–H and O–H groups in total. The van der Waals surface area contributed by atoms with Gasteiger partial charge in [-0.1, -0.05) is 6.07 Å². The normalized spacial score (nSPS) is 11.9. The van der Waals surface area contributed by atoms with Gasteiger partial charge in [-0.2, -0.15) is 0 Å². The van der Waals surface area contributed by atoms with Gasteiger partial charge in [0.25, 0.3) is 5.91 Å². The minimum absolute atomic E-state index is 0.169. The Morgan fingerprint density at radius 3 is 2.76 bits per heavy atom. The molecule has 5 rings (SSSR count). The van der Waals surface area contributed by atoms with Crippen molar-refractivity contribution in [3.63, 3.8) is 0 Å². The highest BCUT2D eigenvalue weighted by Gasteiger charge is 2.18. The fourth-order valence-corrected chi connectivity index (χ4v) is 4.39. The second-order valence-electron chi connectivity index (χ2n) is 6.98. The molecule has 0 saturated heterocycles. The number of methoxy groups -OCH3 is 2. The van der Waals surface area contributed by atoms with Crippen molar-refractivity contribution in [2.45, 2.75) is 0 Å². The maximum atomic E-state index is 12.5. The Hall–Kier alpha value is -4.05. The van der Waals surface area contributed by atoms with Gasteiger partial charge >= 0.3 is 0 Å². The topological polar surface area (TPSA) is 101 Å². The van der Waals surface area contributed by atoms with Crippen molar-refractivity contribution in [1.29, 1.82) is 0 Å². The van der Waals surface area contributed by atoms with Gasteiger partial charge in [-0.3, -0.25) is 4.79 Å². The number of nitrogens with zero attached hydrogens (tertiary/aromatic N) is 2. The van der Waals surface area contributed by atoms with Gasteiger partial charge in [0.15, 0.2) is 29.6 Å². The quantitative estimate of drug-likeness (QED) is 0.435. The molecule has 1 aliphatic rings. The second-order valence-corrected chi connectivity index (χ2v) is 7.84. The van der Waals surface area contributed by atoms with E-state index in [1.165, 1.54) is 17.7 Å². The Bertz CT molecular complexity index is 1340. The number of benzene rings is 2. The van der Waals surface area contributed by atoms with Crippen molar-refractivity contribution in [2.75, 3.05) is 32.9 Å². The Kier molecular flexibility index (Phi) is 5.57. The monoisotopic (exact) mass is 465 g/mol. The van der Waals surface area contributed by atoms with Crippen molar-refractivity contribution in [2.24, 2.45) is 0 Å². The molecule has 2 aromatic heterocycles. The van der Waals surface area contributed by atoms with Crippen LogP contribution < -0.4 is 29.0 Å². The lowest BCUT2D eigenvalue weighted by Crippen LogP contribution is -2.20. The van der Waals surface area contributed by atoms with E-state index in [0.29, 0.717) is 34.6 Å². The van der Waals surface area contributed by atoms with Crippen molar-refractivity contribution in [3.8, 4) is 40.0 Å². The summed E-state index contributed by atoms with van der Waals surface area (Å²) in [5.74, 6) is 2.47. The number of thiophene rings is 1. The SMILES string of the molecule is COc1ccc(-c2csc3ncnc(OCC(=O)Nc4ccc5c(c4)OCO5)c23)cc1OC. The summed E-state index contributed by atoms with van der Waals surface area (Å²) in [6.07, 6.45) is 1.42. The smallest absolute Gasteiger partial charge is 0.262 e. The number of hydrogen-bond acceptors (Lipinski definition) is 9. The summed E-state index contributed by atoms with van der Waals surface area (Å²) in [5.41, 5.74) is 2.35. The van der Waals surface area contributed by atoms with Crippen LogP contribution in [-0.4, -0.2) is 43.5 Å². The summed E-state index contributed by atoms with van der Waals surface area (Å²) in [7, 11) is 3.18. The molecule has 4 aromatic rings. The zero-order chi connectivity index (χ0) is 22.8. The van der Waals surface area contributed by atoms with E-state index >= 15 is 0 Å². The molecule has 168 valence electrons. The van der Waals surface area contributed by atoms with E-state index in [1.807, 2.05) is 23.6 Å². The highest BCUT2D eigenvalue weighted by Crippen LogP contribution is 2.40. The Labute approximate surface area is 192 Å². The third-order valence-corrected chi connectivity index (χ3v) is 5.91. The van der Waals surface area contributed by atoms with Crippen LogP contribution in [0.1, 0.15) is 0 Å². The maximum Gasteiger partial charge on any atom is 0.262 e. The molecule has 10 heteroatoms. The third kappa shape index (κ3) is 4.08. The largest absolute Gasteiger partial charge is 0.493 e. The van der Waals surface area contributed by atoms with E-state index in [4.69, 9.17) is 23.7 Å². The summed E-state index contributed by atoms with van der Waals surface area (Å²) in [4.78, 5) is 21.8. The van der Waals surface area contributed by atoms with E-state index in [1.54, 1.807) is 32.4 Å². The molecule has 0 fully saturated rings. The van der Waals surface area contributed by atoms with Crippen LogP contribution in [0.3, 0.4) is 0 Å². The molecule has 0 radical (unpaired) electrons. The highest BCUT2D eigenvalue weighted by atomic mass is 32.1. The fourth-order valence-electron chi connectivity index (χ4n) is 3.48. The highest BCUT2D eigenvalue weighted by molar-refractivity contribution is 7.17. The van der Waals surface area contributed by atoms with Gasteiger partial charge < -0.3 is 29.0 Å². The van der Waals surface area contributed by atoms with Gasteiger partial charge in [-0.25, -0.2) is 9.97 Å². The van der Waals surface area contributed by atoms with E-state index in [0.717, 1.165) is 21.3 Å². The van der Waals surface area contributed by atoms with E-state index in [9.17, 15) is 4.79 Å². The lowest BCUT2D eigenvalue weighted by atomic mass is 10.1. The number of nitrogens with one attached hydrogen (secondary N) is 1. The molecule has 1 aliphatic heterocycles. The van der Waals surface area contributed by atoms with Gasteiger partial charge in [-0.15, -0.1) is 11.3 Å². The van der Waals surface area contributed by atoms with Crippen molar-refractivity contribution in [1.82, 2.24) is 9.97 Å². The van der Waals surface area contributed by atoms with E-state index in [-0.39, 0.29) is 19.3 Å². The molecule has 0 atom stereocenters. The average molecular weight is 465 g/mol. The average Bonchev–Trinajstić information content (AvgIpc) is 3.49. The molecule has 33 heavy (non-hydrogen) atoms. The van der Waals surface area contributed by atoms with Crippen LogP contribution in [0.2, 0.25) is 0 Å². The molecule has 9 nitrogen and oxygen atoms in total. The van der Waals surface area contributed by atoms with Crippen molar-refractivity contribution in [3.05, 3.63) is 48.1 Å². The molecule has 0 unspecified atom stereocenters. The standard InChI is InChI=1S/C23H19N3O6S/c1-28-16-5-3-13(7-18(16)29-2)15-10-33-23-21(15)22(24-11-25-23)30-9-20(27)26-14-4-6-17-19(8-14)32-12-31-17/h3-8,10-11H,9,12H2,1-2H3,(H,26,27). The zero-order valence-electron chi connectivity index (χ0n) is 17.8. The van der Waals surface area contributed by atoms with Crippen LogP contribution in [0.4, 0.5) is 5.69 Å². The van der Waals surface area contributed by atoms with Gasteiger partial charge in [0, 0.05) is 22.7 Å². The van der Waals surface area contributed by atoms with Crippen LogP contribution in [-0.2, 0) is 4.79 Å². The number of anilines is 1. The minimum atomic E-state index is -0.330. The molecule has 1 amide bonds. The molecular formula is C23H19N3O6S. The van der Waals surface area contributed by atoms with Crippen LogP contribution in [0, 0.1) is 0 Å². The zero-order valence-corrected chi connectivity index (χ0v) is 18.6.